The highest BCUT2D eigenvalue weighted by Crippen LogP contribution is 2.25. The van der Waals surface area contributed by atoms with Gasteiger partial charge in [0.2, 0.25) is 0 Å². The van der Waals surface area contributed by atoms with Crippen molar-refractivity contribution in [3.8, 4) is 6.07 Å². The maximum absolute atomic E-state index is 9.39. The molecule has 1 aliphatic heterocycles. The first kappa shape index (κ1) is 14.7. The van der Waals surface area contributed by atoms with Gasteiger partial charge in [0.25, 0.3) is 0 Å². The van der Waals surface area contributed by atoms with Crippen LogP contribution >= 0.6 is 0 Å². The highest BCUT2D eigenvalue weighted by molar-refractivity contribution is 5.57. The van der Waals surface area contributed by atoms with Crippen molar-refractivity contribution in [1.29, 1.82) is 5.26 Å². The van der Waals surface area contributed by atoms with Gasteiger partial charge in [-0.3, -0.25) is 0 Å². The summed E-state index contributed by atoms with van der Waals surface area (Å²) >= 11 is 0. The summed E-state index contributed by atoms with van der Waals surface area (Å²) in [5, 5.41) is 17.8. The molecule has 2 rings (SSSR count). The summed E-state index contributed by atoms with van der Waals surface area (Å²) in [6.45, 7) is 8.44. The summed E-state index contributed by atoms with van der Waals surface area (Å²) in [5.41, 5.74) is 2.39. The van der Waals surface area contributed by atoms with Crippen LogP contribution in [0.25, 0.3) is 0 Å². The molecule has 0 saturated carbocycles. The zero-order valence-electron chi connectivity index (χ0n) is 12.5. The number of hydrogen-bond acceptors (Lipinski definition) is 5. The monoisotopic (exact) mass is 274 g/mol. The highest BCUT2D eigenvalue weighted by atomic mass is 16.5. The van der Waals surface area contributed by atoms with Crippen molar-refractivity contribution in [3.63, 3.8) is 0 Å². The molecule has 1 aromatic heterocycles. The summed E-state index contributed by atoms with van der Waals surface area (Å²) < 4.78 is 5.84. The number of aromatic nitrogens is 2. The van der Waals surface area contributed by atoms with E-state index >= 15 is 0 Å². The van der Waals surface area contributed by atoms with E-state index < -0.39 is 0 Å². The van der Waals surface area contributed by atoms with Crippen LogP contribution in [0.3, 0.4) is 0 Å². The van der Waals surface area contributed by atoms with Crippen LogP contribution in [-0.4, -0.2) is 36.0 Å². The van der Waals surface area contributed by atoms with Gasteiger partial charge >= 0.3 is 0 Å². The number of nitriles is 1. The van der Waals surface area contributed by atoms with Crippen LogP contribution in [0.2, 0.25) is 0 Å². The zero-order valence-corrected chi connectivity index (χ0v) is 12.5. The average molecular weight is 274 g/mol. The summed E-state index contributed by atoms with van der Waals surface area (Å²) in [7, 11) is 0. The van der Waals surface area contributed by atoms with E-state index in [1.54, 1.807) is 0 Å². The van der Waals surface area contributed by atoms with Crippen LogP contribution in [0.4, 0.5) is 5.82 Å². The topological polar surface area (TPSA) is 62.0 Å². The maximum atomic E-state index is 9.39. The Bertz CT molecular complexity index is 509. The average Bonchev–Trinajstić information content (AvgIpc) is 2.48. The Kier molecular flexibility index (Phi) is 4.91. The minimum atomic E-state index is 0.235. The minimum Gasteiger partial charge on any atom is -0.376 e. The van der Waals surface area contributed by atoms with Crippen LogP contribution in [0.5, 0.6) is 0 Å². The third kappa shape index (κ3) is 3.07. The largest absolute Gasteiger partial charge is 0.376 e. The molecule has 1 atom stereocenters. The van der Waals surface area contributed by atoms with Crippen molar-refractivity contribution in [1.82, 2.24) is 10.2 Å². The molecule has 20 heavy (non-hydrogen) atoms. The maximum Gasteiger partial charge on any atom is 0.169 e. The number of anilines is 1. The van der Waals surface area contributed by atoms with E-state index in [2.05, 4.69) is 28.1 Å². The van der Waals surface area contributed by atoms with Crippen LogP contribution in [-0.2, 0) is 4.74 Å². The van der Waals surface area contributed by atoms with Gasteiger partial charge < -0.3 is 9.64 Å². The van der Waals surface area contributed by atoms with Gasteiger partial charge in [-0.1, -0.05) is 6.92 Å². The Morgan fingerprint density at radius 2 is 2.20 bits per heavy atom. The second-order valence-corrected chi connectivity index (χ2v) is 5.30. The summed E-state index contributed by atoms with van der Waals surface area (Å²) in [5.74, 6) is 0.709. The van der Waals surface area contributed by atoms with Gasteiger partial charge in [-0.05, 0) is 38.7 Å². The van der Waals surface area contributed by atoms with Crippen molar-refractivity contribution in [2.75, 3.05) is 24.6 Å². The zero-order chi connectivity index (χ0) is 14.5. The highest BCUT2D eigenvalue weighted by Gasteiger charge is 2.24. The molecule has 5 heteroatoms. The molecular formula is C15H22N4O. The third-order valence-corrected chi connectivity index (χ3v) is 3.78. The first-order valence-electron chi connectivity index (χ1n) is 7.27. The molecule has 0 amide bonds. The SMILES string of the molecule is CCCOC1CCCN(c2nnc(C)c(C)c2C#N)C1. The van der Waals surface area contributed by atoms with Crippen molar-refractivity contribution in [2.24, 2.45) is 0 Å². The fraction of sp³-hybridized carbons (Fsp3) is 0.667. The van der Waals surface area contributed by atoms with E-state index in [-0.39, 0.29) is 6.10 Å². The van der Waals surface area contributed by atoms with Crippen molar-refractivity contribution in [2.45, 2.75) is 46.1 Å². The van der Waals surface area contributed by atoms with E-state index in [4.69, 9.17) is 4.74 Å². The molecule has 1 aliphatic rings. The summed E-state index contributed by atoms with van der Waals surface area (Å²) in [4.78, 5) is 2.14. The number of piperidine rings is 1. The second kappa shape index (κ2) is 6.67. The lowest BCUT2D eigenvalue weighted by molar-refractivity contribution is 0.0439. The van der Waals surface area contributed by atoms with Gasteiger partial charge in [0.1, 0.15) is 11.6 Å². The van der Waals surface area contributed by atoms with Crippen LogP contribution in [0.1, 0.15) is 43.0 Å². The van der Waals surface area contributed by atoms with Crippen molar-refractivity contribution < 1.29 is 4.74 Å². The lowest BCUT2D eigenvalue weighted by Crippen LogP contribution is -2.41. The molecule has 0 bridgehead atoms. The number of nitrogens with zero attached hydrogens (tertiary/aromatic N) is 4. The molecular weight excluding hydrogens is 252 g/mol. The van der Waals surface area contributed by atoms with Gasteiger partial charge in [0.05, 0.1) is 11.8 Å². The molecule has 0 aliphatic carbocycles. The standard InChI is InChI=1S/C15H22N4O/c1-4-8-20-13-6-5-7-19(10-13)15-14(9-16)11(2)12(3)17-18-15/h13H,4-8,10H2,1-3H3. The van der Waals surface area contributed by atoms with Crippen LogP contribution in [0.15, 0.2) is 0 Å². The lowest BCUT2D eigenvalue weighted by atomic mass is 10.1. The first-order valence-corrected chi connectivity index (χ1v) is 7.27. The molecule has 1 unspecified atom stereocenters. The smallest absolute Gasteiger partial charge is 0.169 e. The number of ether oxygens (including phenoxy) is 1. The fourth-order valence-corrected chi connectivity index (χ4v) is 2.50. The molecule has 0 radical (unpaired) electrons. The van der Waals surface area contributed by atoms with E-state index in [1.807, 2.05) is 13.8 Å². The first-order chi connectivity index (χ1) is 9.67. The number of aryl methyl sites for hydroxylation is 1. The van der Waals surface area contributed by atoms with Gasteiger partial charge in [-0.2, -0.15) is 10.4 Å². The predicted octanol–water partition coefficient (Wildman–Crippen LogP) is 2.36. The van der Waals surface area contributed by atoms with Gasteiger partial charge in [-0.25, -0.2) is 0 Å². The van der Waals surface area contributed by atoms with Gasteiger partial charge in [-0.15, -0.1) is 5.10 Å². The molecule has 1 saturated heterocycles. The Hall–Kier alpha value is -1.67. The molecule has 0 N–H and O–H groups in total. The van der Waals surface area contributed by atoms with Crippen LogP contribution in [0, 0.1) is 25.2 Å². The molecule has 0 aromatic carbocycles. The van der Waals surface area contributed by atoms with Crippen molar-refractivity contribution >= 4 is 5.82 Å². The van der Waals surface area contributed by atoms with E-state index in [0.717, 1.165) is 50.2 Å². The summed E-state index contributed by atoms with van der Waals surface area (Å²) in [6.07, 6.45) is 3.41. The van der Waals surface area contributed by atoms with E-state index in [1.165, 1.54) is 0 Å². The lowest BCUT2D eigenvalue weighted by Gasteiger charge is -2.33. The molecule has 1 aromatic rings. The Balaban J connectivity index is 2.19. The van der Waals surface area contributed by atoms with Crippen molar-refractivity contribution in [3.05, 3.63) is 16.8 Å². The molecule has 0 spiro atoms. The van der Waals surface area contributed by atoms with E-state index in [0.29, 0.717) is 11.4 Å². The Morgan fingerprint density at radius 3 is 2.90 bits per heavy atom. The predicted molar refractivity (Wildman–Crippen MR) is 77.7 cm³/mol. The van der Waals surface area contributed by atoms with Gasteiger partial charge in [0, 0.05) is 19.7 Å². The molecule has 108 valence electrons. The Morgan fingerprint density at radius 1 is 1.40 bits per heavy atom. The number of hydrogen-bond donors (Lipinski definition) is 0. The fourth-order valence-electron chi connectivity index (χ4n) is 2.50. The molecule has 5 nitrogen and oxygen atoms in total. The number of rotatable bonds is 4. The van der Waals surface area contributed by atoms with Gasteiger partial charge in [0.15, 0.2) is 5.82 Å². The van der Waals surface area contributed by atoms with Crippen LogP contribution < -0.4 is 4.90 Å². The third-order valence-electron chi connectivity index (χ3n) is 3.78. The quantitative estimate of drug-likeness (QED) is 0.843. The Labute approximate surface area is 120 Å². The van der Waals surface area contributed by atoms with E-state index in [9.17, 15) is 5.26 Å². The minimum absolute atomic E-state index is 0.235. The molecule has 1 fully saturated rings. The normalized spacial score (nSPS) is 18.9. The molecule has 2 heterocycles. The second-order valence-electron chi connectivity index (χ2n) is 5.30. The summed E-state index contributed by atoms with van der Waals surface area (Å²) in [6, 6.07) is 2.28.